The first-order chi connectivity index (χ1) is 13.3. The fraction of sp³-hybridized carbons (Fsp3) is 0.211. The molecule has 0 saturated heterocycles. The molecule has 2 amide bonds. The first-order valence-corrected chi connectivity index (χ1v) is 8.18. The van der Waals surface area contributed by atoms with Gasteiger partial charge in [0.1, 0.15) is 12.3 Å². The van der Waals surface area contributed by atoms with Gasteiger partial charge in [-0.1, -0.05) is 23.8 Å². The minimum absolute atomic E-state index is 0.0306. The molecule has 2 rings (SSSR count). The van der Waals surface area contributed by atoms with Gasteiger partial charge in [-0.15, -0.1) is 0 Å². The van der Waals surface area contributed by atoms with E-state index in [1.165, 1.54) is 18.2 Å². The highest BCUT2D eigenvalue weighted by Gasteiger charge is 2.12. The van der Waals surface area contributed by atoms with Gasteiger partial charge in [-0.25, -0.2) is 0 Å². The predicted octanol–water partition coefficient (Wildman–Crippen LogP) is 2.51. The fourth-order valence-corrected chi connectivity index (χ4v) is 2.10. The molecule has 7 nitrogen and oxygen atoms in total. The van der Waals surface area contributed by atoms with E-state index in [1.807, 2.05) is 19.1 Å². The smallest absolute Gasteiger partial charge is 0.387 e. The van der Waals surface area contributed by atoms with Crippen molar-refractivity contribution in [1.29, 1.82) is 0 Å². The van der Waals surface area contributed by atoms with Crippen LogP contribution in [0.25, 0.3) is 0 Å². The number of ether oxygens (including phenoxy) is 2. The van der Waals surface area contributed by atoms with Crippen LogP contribution in [0.2, 0.25) is 0 Å². The molecule has 9 heteroatoms. The van der Waals surface area contributed by atoms with Crippen LogP contribution in [0.1, 0.15) is 15.9 Å². The van der Waals surface area contributed by atoms with E-state index in [9.17, 15) is 23.2 Å². The lowest BCUT2D eigenvalue weighted by Gasteiger charge is -2.09. The van der Waals surface area contributed by atoms with Crippen molar-refractivity contribution in [2.45, 2.75) is 13.5 Å². The molecule has 2 aromatic carbocycles. The molecule has 0 heterocycles. The van der Waals surface area contributed by atoms with Gasteiger partial charge in [-0.2, -0.15) is 8.78 Å². The maximum atomic E-state index is 12.2. The van der Waals surface area contributed by atoms with Crippen molar-refractivity contribution in [1.82, 2.24) is 5.32 Å². The van der Waals surface area contributed by atoms with Crippen molar-refractivity contribution in [2.75, 3.05) is 18.5 Å². The molecule has 148 valence electrons. The van der Waals surface area contributed by atoms with Crippen LogP contribution in [0.15, 0.2) is 48.5 Å². The summed E-state index contributed by atoms with van der Waals surface area (Å²) in [7, 11) is 0. The zero-order valence-corrected chi connectivity index (χ0v) is 14.9. The molecular formula is C19H18F2N2O5. The van der Waals surface area contributed by atoms with E-state index in [2.05, 4.69) is 15.4 Å². The fourth-order valence-electron chi connectivity index (χ4n) is 2.10. The van der Waals surface area contributed by atoms with Crippen molar-refractivity contribution in [2.24, 2.45) is 0 Å². The Morgan fingerprint density at radius 3 is 2.46 bits per heavy atom. The number of carbonyl (C=O) groups is 3. The van der Waals surface area contributed by atoms with E-state index in [0.29, 0.717) is 5.69 Å². The Hall–Kier alpha value is -3.49. The van der Waals surface area contributed by atoms with Gasteiger partial charge in [0.15, 0.2) is 6.61 Å². The maximum Gasteiger partial charge on any atom is 0.387 e. The molecule has 2 N–H and O–H groups in total. The maximum absolute atomic E-state index is 12.2. The number of benzene rings is 2. The summed E-state index contributed by atoms with van der Waals surface area (Å²) in [5.74, 6) is -2.22. The second kappa shape index (κ2) is 10.0. The van der Waals surface area contributed by atoms with Crippen LogP contribution in [-0.4, -0.2) is 37.5 Å². The molecule has 0 saturated carbocycles. The average Bonchev–Trinajstić information content (AvgIpc) is 2.66. The number of anilines is 1. The molecule has 2 aromatic rings. The van der Waals surface area contributed by atoms with E-state index in [0.717, 1.165) is 11.6 Å². The molecule has 0 aliphatic rings. The number of esters is 1. The quantitative estimate of drug-likeness (QED) is 0.674. The summed E-state index contributed by atoms with van der Waals surface area (Å²) in [5.41, 5.74) is 1.63. The number of rotatable bonds is 8. The largest absolute Gasteiger partial charge is 0.454 e. The Morgan fingerprint density at radius 2 is 1.79 bits per heavy atom. The van der Waals surface area contributed by atoms with Gasteiger partial charge in [0.2, 0.25) is 0 Å². The van der Waals surface area contributed by atoms with E-state index < -0.39 is 37.5 Å². The molecule has 0 radical (unpaired) electrons. The van der Waals surface area contributed by atoms with E-state index in [1.54, 1.807) is 12.1 Å². The summed E-state index contributed by atoms with van der Waals surface area (Å²) in [6.45, 7) is -2.11. The lowest BCUT2D eigenvalue weighted by molar-refractivity contribution is -0.146. The second-order valence-electron chi connectivity index (χ2n) is 5.66. The summed E-state index contributed by atoms with van der Waals surface area (Å²) in [4.78, 5) is 35.3. The van der Waals surface area contributed by atoms with Gasteiger partial charge < -0.3 is 20.1 Å². The monoisotopic (exact) mass is 392 g/mol. The summed E-state index contributed by atoms with van der Waals surface area (Å²) in [6, 6.07) is 12.2. The minimum Gasteiger partial charge on any atom is -0.454 e. The van der Waals surface area contributed by atoms with Crippen LogP contribution in [0.3, 0.4) is 0 Å². The molecule has 0 fully saturated rings. The van der Waals surface area contributed by atoms with Crippen molar-refractivity contribution in [3.63, 3.8) is 0 Å². The SMILES string of the molecule is Cc1ccc(NC(=O)COC(=O)CNC(=O)c2cccc(OC(F)F)c2)cc1. The Kier molecular flexibility index (Phi) is 7.44. The van der Waals surface area contributed by atoms with Crippen LogP contribution >= 0.6 is 0 Å². The zero-order chi connectivity index (χ0) is 20.5. The summed E-state index contributed by atoms with van der Waals surface area (Å²) < 4.78 is 33.4. The van der Waals surface area contributed by atoms with Crippen molar-refractivity contribution in [3.8, 4) is 5.75 Å². The molecular weight excluding hydrogens is 374 g/mol. The third-order valence-electron chi connectivity index (χ3n) is 3.41. The molecule has 0 aliphatic carbocycles. The summed E-state index contributed by atoms with van der Waals surface area (Å²) >= 11 is 0. The van der Waals surface area contributed by atoms with Gasteiger partial charge in [0, 0.05) is 11.3 Å². The molecule has 0 atom stereocenters. The normalized spacial score (nSPS) is 10.3. The van der Waals surface area contributed by atoms with Gasteiger partial charge in [-0.3, -0.25) is 14.4 Å². The number of amides is 2. The van der Waals surface area contributed by atoms with Crippen LogP contribution < -0.4 is 15.4 Å². The zero-order valence-electron chi connectivity index (χ0n) is 14.9. The van der Waals surface area contributed by atoms with Gasteiger partial charge in [0.25, 0.3) is 11.8 Å². The lowest BCUT2D eigenvalue weighted by Crippen LogP contribution is -2.32. The third kappa shape index (κ3) is 7.02. The van der Waals surface area contributed by atoms with Crippen LogP contribution in [0, 0.1) is 6.92 Å². The standard InChI is InChI=1S/C19H18F2N2O5/c1-12-5-7-14(8-6-12)23-16(24)11-27-17(25)10-22-18(26)13-3-2-4-15(9-13)28-19(20)21/h2-9,19H,10-11H2,1H3,(H,22,26)(H,23,24). The van der Waals surface area contributed by atoms with E-state index >= 15 is 0 Å². The highest BCUT2D eigenvalue weighted by molar-refractivity contribution is 5.97. The molecule has 0 aromatic heterocycles. The van der Waals surface area contributed by atoms with Crippen molar-refractivity contribution < 1.29 is 32.6 Å². The highest BCUT2D eigenvalue weighted by atomic mass is 19.3. The summed E-state index contributed by atoms with van der Waals surface area (Å²) in [5, 5.41) is 4.83. The Labute approximate surface area is 159 Å². The first kappa shape index (κ1) is 20.8. The topological polar surface area (TPSA) is 93.7 Å². The number of hydrogen-bond donors (Lipinski definition) is 2. The number of aryl methyl sites for hydroxylation is 1. The van der Waals surface area contributed by atoms with E-state index in [4.69, 9.17) is 4.74 Å². The number of halogens is 2. The highest BCUT2D eigenvalue weighted by Crippen LogP contribution is 2.15. The molecule has 0 unspecified atom stereocenters. The van der Waals surface area contributed by atoms with Gasteiger partial charge in [0.05, 0.1) is 0 Å². The second-order valence-corrected chi connectivity index (χ2v) is 5.66. The number of hydrogen-bond acceptors (Lipinski definition) is 5. The third-order valence-corrected chi connectivity index (χ3v) is 3.41. The van der Waals surface area contributed by atoms with Crippen LogP contribution in [-0.2, 0) is 14.3 Å². The van der Waals surface area contributed by atoms with Crippen molar-refractivity contribution in [3.05, 3.63) is 59.7 Å². The Balaban J connectivity index is 1.75. The minimum atomic E-state index is -3.01. The Bertz CT molecular complexity index is 840. The van der Waals surface area contributed by atoms with E-state index in [-0.39, 0.29) is 11.3 Å². The van der Waals surface area contributed by atoms with Gasteiger partial charge in [-0.05, 0) is 37.3 Å². The van der Waals surface area contributed by atoms with Crippen LogP contribution in [0.4, 0.5) is 14.5 Å². The average molecular weight is 392 g/mol. The first-order valence-electron chi connectivity index (χ1n) is 8.18. The molecule has 0 bridgehead atoms. The molecule has 28 heavy (non-hydrogen) atoms. The van der Waals surface area contributed by atoms with Gasteiger partial charge >= 0.3 is 12.6 Å². The predicted molar refractivity (Wildman–Crippen MR) is 96.2 cm³/mol. The number of alkyl halides is 2. The Morgan fingerprint density at radius 1 is 1.07 bits per heavy atom. The lowest BCUT2D eigenvalue weighted by atomic mass is 10.2. The molecule has 0 spiro atoms. The summed E-state index contributed by atoms with van der Waals surface area (Å²) in [6.07, 6.45) is 0. The number of nitrogens with one attached hydrogen (secondary N) is 2. The molecule has 0 aliphatic heterocycles. The van der Waals surface area contributed by atoms with Crippen molar-refractivity contribution >= 4 is 23.5 Å². The number of carbonyl (C=O) groups excluding carboxylic acids is 3. The van der Waals surface area contributed by atoms with Crippen LogP contribution in [0.5, 0.6) is 5.75 Å².